The number of rotatable bonds is 5. The van der Waals surface area contributed by atoms with E-state index >= 15 is 0 Å². The number of carboxylic acid groups (broad SMARTS) is 1. The average molecular weight is 287 g/mol. The summed E-state index contributed by atoms with van der Waals surface area (Å²) in [6.07, 6.45) is -0.553. The molecule has 0 aliphatic carbocycles. The van der Waals surface area contributed by atoms with Crippen molar-refractivity contribution in [3.63, 3.8) is 0 Å². The molecule has 0 saturated heterocycles. The molecule has 0 fully saturated rings. The van der Waals surface area contributed by atoms with Gasteiger partial charge in [-0.2, -0.15) is 0 Å². The van der Waals surface area contributed by atoms with Crippen molar-refractivity contribution in [1.82, 2.24) is 5.32 Å². The Bertz CT molecular complexity index is 532. The predicted molar refractivity (Wildman–Crippen MR) is 65.8 cm³/mol. The lowest BCUT2D eigenvalue weighted by Crippen LogP contribution is -2.43. The van der Waals surface area contributed by atoms with Gasteiger partial charge in [0.15, 0.2) is 0 Å². The quantitative estimate of drug-likeness (QED) is 0.610. The van der Waals surface area contributed by atoms with Crippen LogP contribution in [0.5, 0.6) is 5.75 Å². The summed E-state index contributed by atoms with van der Waals surface area (Å²) in [5.41, 5.74) is 4.68. The molecule has 0 aliphatic rings. The number of carbonyl (C=O) groups is 3. The van der Waals surface area contributed by atoms with Crippen LogP contribution in [0.15, 0.2) is 18.2 Å². The Labute approximate surface area is 113 Å². The molecule has 8 heteroatoms. The zero-order valence-electron chi connectivity index (χ0n) is 9.59. The number of nitrogens with two attached hydrogens (primary N) is 1. The summed E-state index contributed by atoms with van der Waals surface area (Å²) in [5.74, 6) is -3.50. The minimum Gasteiger partial charge on any atom is -0.507 e. The number of aromatic hydroxyl groups is 1. The number of amides is 2. The fraction of sp³-hybridized carbons (Fsp3) is 0.182. The Kier molecular flexibility index (Phi) is 4.71. The van der Waals surface area contributed by atoms with E-state index in [0.29, 0.717) is 0 Å². The van der Waals surface area contributed by atoms with Gasteiger partial charge < -0.3 is 21.3 Å². The van der Waals surface area contributed by atoms with Gasteiger partial charge in [-0.05, 0) is 18.2 Å². The number of carbonyl (C=O) groups excluding carboxylic acids is 2. The van der Waals surface area contributed by atoms with Crippen molar-refractivity contribution < 1.29 is 24.6 Å². The van der Waals surface area contributed by atoms with Gasteiger partial charge in [0.1, 0.15) is 11.8 Å². The van der Waals surface area contributed by atoms with Crippen molar-refractivity contribution >= 4 is 29.4 Å². The zero-order chi connectivity index (χ0) is 14.6. The average Bonchev–Trinajstić information content (AvgIpc) is 2.30. The highest BCUT2D eigenvalue weighted by molar-refractivity contribution is 6.31. The summed E-state index contributed by atoms with van der Waals surface area (Å²) in [6, 6.07) is 2.27. The van der Waals surface area contributed by atoms with E-state index in [0.717, 1.165) is 0 Å². The molecule has 1 aromatic carbocycles. The topological polar surface area (TPSA) is 130 Å². The third-order valence-corrected chi connectivity index (χ3v) is 2.45. The molecular weight excluding hydrogens is 276 g/mol. The van der Waals surface area contributed by atoms with E-state index in [2.05, 4.69) is 5.32 Å². The van der Waals surface area contributed by atoms with E-state index in [1.807, 2.05) is 0 Å². The maximum atomic E-state index is 11.8. The third kappa shape index (κ3) is 4.14. The van der Waals surface area contributed by atoms with Crippen molar-refractivity contribution in [2.45, 2.75) is 12.5 Å². The van der Waals surface area contributed by atoms with E-state index in [9.17, 15) is 19.5 Å². The van der Waals surface area contributed by atoms with Crippen molar-refractivity contribution in [3.05, 3.63) is 28.8 Å². The highest BCUT2D eigenvalue weighted by atomic mass is 35.5. The lowest BCUT2D eigenvalue weighted by atomic mass is 10.1. The fourth-order valence-corrected chi connectivity index (χ4v) is 1.50. The minimum atomic E-state index is -1.47. The Balaban J connectivity index is 2.90. The molecule has 0 heterocycles. The number of phenols is 1. The number of halogens is 1. The molecule has 0 saturated carbocycles. The molecule has 19 heavy (non-hydrogen) atoms. The maximum Gasteiger partial charge on any atom is 0.326 e. The minimum absolute atomic E-state index is 0.191. The number of aliphatic carboxylic acids is 1. The van der Waals surface area contributed by atoms with Crippen LogP contribution < -0.4 is 11.1 Å². The first-order valence-corrected chi connectivity index (χ1v) is 5.49. The van der Waals surface area contributed by atoms with E-state index in [4.69, 9.17) is 22.4 Å². The summed E-state index contributed by atoms with van der Waals surface area (Å²) in [6.45, 7) is 0. The van der Waals surface area contributed by atoms with Crippen LogP contribution in [0.1, 0.15) is 16.8 Å². The first-order valence-electron chi connectivity index (χ1n) is 5.11. The number of carboxylic acids is 1. The molecule has 0 aliphatic heterocycles. The Hall–Kier alpha value is -2.28. The number of hydrogen-bond donors (Lipinski definition) is 4. The maximum absolute atomic E-state index is 11.8. The summed E-state index contributed by atoms with van der Waals surface area (Å²) in [4.78, 5) is 33.3. The third-order valence-electron chi connectivity index (χ3n) is 2.21. The van der Waals surface area contributed by atoms with Crippen LogP contribution in [0.2, 0.25) is 5.02 Å². The molecular formula is C11H11ClN2O5. The van der Waals surface area contributed by atoms with Gasteiger partial charge in [-0.15, -0.1) is 0 Å². The first-order chi connectivity index (χ1) is 8.81. The first kappa shape index (κ1) is 14.8. The van der Waals surface area contributed by atoms with Crippen LogP contribution in [-0.4, -0.2) is 34.0 Å². The second-order valence-electron chi connectivity index (χ2n) is 3.70. The normalized spacial score (nSPS) is 11.6. The molecule has 1 atom stereocenters. The van der Waals surface area contributed by atoms with Gasteiger partial charge in [0.05, 0.1) is 12.0 Å². The Morgan fingerprint density at radius 1 is 1.37 bits per heavy atom. The van der Waals surface area contributed by atoms with Gasteiger partial charge >= 0.3 is 5.97 Å². The molecule has 2 amide bonds. The summed E-state index contributed by atoms with van der Waals surface area (Å²) in [7, 11) is 0. The fourth-order valence-electron chi connectivity index (χ4n) is 1.33. The molecule has 0 spiro atoms. The highest BCUT2D eigenvalue weighted by Crippen LogP contribution is 2.21. The van der Waals surface area contributed by atoms with Crippen LogP contribution in [-0.2, 0) is 9.59 Å². The Morgan fingerprint density at radius 2 is 2.00 bits per heavy atom. The molecule has 7 nitrogen and oxygen atoms in total. The summed E-state index contributed by atoms with van der Waals surface area (Å²) < 4.78 is 0. The summed E-state index contributed by atoms with van der Waals surface area (Å²) >= 11 is 5.66. The van der Waals surface area contributed by atoms with E-state index < -0.39 is 30.2 Å². The smallest absolute Gasteiger partial charge is 0.326 e. The van der Waals surface area contributed by atoms with Gasteiger partial charge in [-0.3, -0.25) is 9.59 Å². The molecule has 1 unspecified atom stereocenters. The van der Waals surface area contributed by atoms with Crippen molar-refractivity contribution in [2.24, 2.45) is 5.73 Å². The number of nitrogens with one attached hydrogen (secondary N) is 1. The monoisotopic (exact) mass is 286 g/mol. The van der Waals surface area contributed by atoms with Gasteiger partial charge in [-0.25, -0.2) is 4.79 Å². The molecule has 1 aromatic rings. The second-order valence-corrected chi connectivity index (χ2v) is 4.13. The largest absolute Gasteiger partial charge is 0.507 e. The van der Waals surface area contributed by atoms with Crippen LogP contribution in [0.4, 0.5) is 0 Å². The number of hydrogen-bond acceptors (Lipinski definition) is 4. The van der Waals surface area contributed by atoms with Gasteiger partial charge in [0.2, 0.25) is 5.91 Å². The highest BCUT2D eigenvalue weighted by Gasteiger charge is 2.24. The van der Waals surface area contributed by atoms with Crippen LogP contribution >= 0.6 is 11.6 Å². The predicted octanol–water partition coefficient (Wildman–Crippen LogP) is 0.104. The van der Waals surface area contributed by atoms with E-state index in [-0.39, 0.29) is 16.3 Å². The molecule has 5 N–H and O–H groups in total. The SMILES string of the molecule is NC(=O)CC(NC(=O)c1cc(Cl)ccc1O)C(=O)O. The van der Waals surface area contributed by atoms with Crippen molar-refractivity contribution in [1.29, 1.82) is 0 Å². The second kappa shape index (κ2) is 6.05. The van der Waals surface area contributed by atoms with Crippen molar-refractivity contribution in [2.75, 3.05) is 0 Å². The number of primary amides is 1. The zero-order valence-corrected chi connectivity index (χ0v) is 10.3. The van der Waals surface area contributed by atoms with Gasteiger partial charge in [-0.1, -0.05) is 11.6 Å². The van der Waals surface area contributed by atoms with E-state index in [1.54, 1.807) is 0 Å². The number of benzene rings is 1. The van der Waals surface area contributed by atoms with Crippen LogP contribution in [0.25, 0.3) is 0 Å². The molecule has 102 valence electrons. The van der Waals surface area contributed by atoms with Crippen LogP contribution in [0.3, 0.4) is 0 Å². The summed E-state index contributed by atoms with van der Waals surface area (Å²) in [5, 5.41) is 20.6. The lowest BCUT2D eigenvalue weighted by molar-refractivity contribution is -0.140. The van der Waals surface area contributed by atoms with Crippen LogP contribution in [0, 0.1) is 0 Å². The lowest BCUT2D eigenvalue weighted by Gasteiger charge is -2.13. The Morgan fingerprint density at radius 3 is 2.53 bits per heavy atom. The standard InChI is InChI=1S/C11H11ClN2O5/c12-5-1-2-8(15)6(3-5)10(17)14-7(11(18)19)4-9(13)16/h1-3,7,15H,4H2,(H2,13,16)(H,14,17)(H,18,19). The van der Waals surface area contributed by atoms with Gasteiger partial charge in [0, 0.05) is 5.02 Å². The molecule has 0 radical (unpaired) electrons. The van der Waals surface area contributed by atoms with E-state index in [1.165, 1.54) is 18.2 Å². The molecule has 0 bridgehead atoms. The van der Waals surface area contributed by atoms with Crippen molar-refractivity contribution in [3.8, 4) is 5.75 Å². The molecule has 0 aromatic heterocycles. The van der Waals surface area contributed by atoms with Gasteiger partial charge in [0.25, 0.3) is 5.91 Å². The number of phenolic OH excluding ortho intramolecular Hbond substituents is 1. The molecule has 1 rings (SSSR count).